The van der Waals surface area contributed by atoms with Gasteiger partial charge >= 0.3 is 5.97 Å². The molecule has 0 aliphatic heterocycles. The molecular weight excluding hydrogens is 298 g/mol. The van der Waals surface area contributed by atoms with E-state index in [1.807, 2.05) is 54.7 Å². The Morgan fingerprint density at radius 2 is 1.91 bits per heavy atom. The molecule has 0 saturated carbocycles. The van der Waals surface area contributed by atoms with Crippen molar-refractivity contribution in [3.63, 3.8) is 0 Å². The Kier molecular flexibility index (Phi) is 4.16. The van der Waals surface area contributed by atoms with Gasteiger partial charge in [0.1, 0.15) is 0 Å². The lowest BCUT2D eigenvalue weighted by atomic mass is 9.89. The molecule has 1 atom stereocenters. The van der Waals surface area contributed by atoms with Gasteiger partial charge in [-0.1, -0.05) is 35.9 Å². The fourth-order valence-corrected chi connectivity index (χ4v) is 2.87. The smallest absolute Gasteiger partial charge is 0.303 e. The Labute approximate surface area is 133 Å². The molecule has 2 aromatic carbocycles. The van der Waals surface area contributed by atoms with Crippen molar-refractivity contribution in [3.05, 3.63) is 70.9 Å². The van der Waals surface area contributed by atoms with Gasteiger partial charge in [0.25, 0.3) is 0 Å². The van der Waals surface area contributed by atoms with Crippen molar-refractivity contribution in [3.8, 4) is 0 Å². The van der Waals surface area contributed by atoms with E-state index in [0.717, 1.165) is 22.0 Å². The van der Waals surface area contributed by atoms with Gasteiger partial charge in [0, 0.05) is 16.7 Å². The Morgan fingerprint density at radius 3 is 2.64 bits per heavy atom. The minimum Gasteiger partial charge on any atom is -0.481 e. The zero-order chi connectivity index (χ0) is 15.5. The van der Waals surface area contributed by atoms with E-state index in [4.69, 9.17) is 11.6 Å². The van der Waals surface area contributed by atoms with Crippen LogP contribution in [0.15, 0.2) is 54.7 Å². The van der Waals surface area contributed by atoms with Crippen molar-refractivity contribution in [1.82, 2.24) is 4.98 Å². The fraction of sp³-hybridized carbons (Fsp3) is 0.167. The molecule has 1 aromatic heterocycles. The molecule has 0 radical (unpaired) electrons. The van der Waals surface area contributed by atoms with Crippen LogP contribution in [-0.2, 0) is 11.2 Å². The van der Waals surface area contributed by atoms with Gasteiger partial charge in [0.05, 0.1) is 6.42 Å². The molecule has 3 rings (SSSR count). The molecule has 0 spiro atoms. The largest absolute Gasteiger partial charge is 0.481 e. The summed E-state index contributed by atoms with van der Waals surface area (Å²) in [5.41, 5.74) is 3.15. The molecule has 4 heteroatoms. The zero-order valence-corrected chi connectivity index (χ0v) is 12.7. The lowest BCUT2D eigenvalue weighted by molar-refractivity contribution is -0.137. The highest BCUT2D eigenvalue weighted by Gasteiger charge is 2.17. The summed E-state index contributed by atoms with van der Waals surface area (Å²) in [5, 5.41) is 11.0. The number of hydrogen-bond acceptors (Lipinski definition) is 1. The van der Waals surface area contributed by atoms with Crippen LogP contribution in [0.4, 0.5) is 0 Å². The third-order valence-corrected chi connectivity index (χ3v) is 4.12. The van der Waals surface area contributed by atoms with E-state index < -0.39 is 5.97 Å². The molecule has 3 nitrogen and oxygen atoms in total. The van der Waals surface area contributed by atoms with Crippen molar-refractivity contribution in [2.75, 3.05) is 0 Å². The van der Waals surface area contributed by atoms with Gasteiger partial charge in [0.2, 0.25) is 0 Å². The average molecular weight is 314 g/mol. The highest BCUT2D eigenvalue weighted by Crippen LogP contribution is 2.27. The van der Waals surface area contributed by atoms with Gasteiger partial charge in [-0.2, -0.15) is 0 Å². The monoisotopic (exact) mass is 313 g/mol. The first-order chi connectivity index (χ1) is 10.6. The summed E-state index contributed by atoms with van der Waals surface area (Å²) in [6, 6.07) is 15.7. The fourth-order valence-electron chi connectivity index (χ4n) is 2.74. The number of aromatic amines is 1. The van der Waals surface area contributed by atoms with Gasteiger partial charge < -0.3 is 10.1 Å². The second-order valence-electron chi connectivity index (χ2n) is 5.45. The second kappa shape index (κ2) is 6.24. The van der Waals surface area contributed by atoms with Crippen LogP contribution in [0.1, 0.15) is 23.5 Å². The van der Waals surface area contributed by atoms with E-state index in [9.17, 15) is 9.90 Å². The van der Waals surface area contributed by atoms with Crippen LogP contribution in [0.5, 0.6) is 0 Å². The van der Waals surface area contributed by atoms with E-state index in [0.29, 0.717) is 11.4 Å². The van der Waals surface area contributed by atoms with E-state index in [1.54, 1.807) is 0 Å². The number of carbonyl (C=O) groups is 1. The summed E-state index contributed by atoms with van der Waals surface area (Å²) in [6.07, 6.45) is 2.67. The molecule has 22 heavy (non-hydrogen) atoms. The summed E-state index contributed by atoms with van der Waals surface area (Å²) >= 11 is 5.90. The minimum atomic E-state index is -0.787. The molecule has 112 valence electrons. The summed E-state index contributed by atoms with van der Waals surface area (Å²) < 4.78 is 0. The first-order valence-corrected chi connectivity index (χ1v) is 7.53. The first-order valence-electron chi connectivity index (χ1n) is 7.15. The number of fused-ring (bicyclic) bond motifs is 1. The second-order valence-corrected chi connectivity index (χ2v) is 5.89. The van der Waals surface area contributed by atoms with Gasteiger partial charge in [-0.15, -0.1) is 0 Å². The van der Waals surface area contributed by atoms with Crippen LogP contribution in [0.2, 0.25) is 5.02 Å². The lowest BCUT2D eigenvalue weighted by Gasteiger charge is -2.16. The van der Waals surface area contributed by atoms with Crippen LogP contribution in [0.3, 0.4) is 0 Å². The molecule has 2 N–H and O–H groups in total. The zero-order valence-electron chi connectivity index (χ0n) is 11.9. The number of benzene rings is 2. The summed E-state index contributed by atoms with van der Waals surface area (Å²) in [5.74, 6) is -0.850. The molecule has 1 unspecified atom stereocenters. The summed E-state index contributed by atoms with van der Waals surface area (Å²) in [7, 11) is 0. The summed E-state index contributed by atoms with van der Waals surface area (Å²) in [6.45, 7) is 0. The standard InChI is InChI=1S/C18H16ClNO2/c19-16-5-1-12(2-6-16)9-15(11-18(21)22)14-4-3-13-7-8-20-17(13)10-14/h1-8,10,15,20H,9,11H2,(H,21,22). The van der Waals surface area contributed by atoms with Crippen molar-refractivity contribution in [2.45, 2.75) is 18.8 Å². The third-order valence-electron chi connectivity index (χ3n) is 3.87. The molecule has 0 fully saturated rings. The van der Waals surface area contributed by atoms with E-state index in [-0.39, 0.29) is 12.3 Å². The normalized spacial score (nSPS) is 12.4. The Morgan fingerprint density at radius 1 is 1.14 bits per heavy atom. The van der Waals surface area contributed by atoms with Gasteiger partial charge in [-0.25, -0.2) is 0 Å². The van der Waals surface area contributed by atoms with Crippen LogP contribution < -0.4 is 0 Å². The molecule has 0 amide bonds. The third kappa shape index (κ3) is 3.31. The summed E-state index contributed by atoms with van der Waals surface area (Å²) in [4.78, 5) is 14.4. The highest BCUT2D eigenvalue weighted by molar-refractivity contribution is 6.30. The predicted molar refractivity (Wildman–Crippen MR) is 88.4 cm³/mol. The van der Waals surface area contributed by atoms with E-state index >= 15 is 0 Å². The molecule has 0 saturated heterocycles. The van der Waals surface area contributed by atoms with Gasteiger partial charge in [-0.05, 0) is 53.1 Å². The van der Waals surface area contributed by atoms with Gasteiger partial charge in [0.15, 0.2) is 0 Å². The predicted octanol–water partition coefficient (Wildman–Crippen LogP) is 4.62. The van der Waals surface area contributed by atoms with E-state index in [2.05, 4.69) is 4.98 Å². The van der Waals surface area contributed by atoms with Crippen LogP contribution >= 0.6 is 11.6 Å². The molecule has 0 aliphatic carbocycles. The first kappa shape index (κ1) is 14.7. The van der Waals surface area contributed by atoms with Crippen molar-refractivity contribution in [2.24, 2.45) is 0 Å². The molecule has 3 aromatic rings. The number of rotatable bonds is 5. The number of H-pyrrole nitrogens is 1. The molecule has 1 heterocycles. The molecule has 0 bridgehead atoms. The van der Waals surface area contributed by atoms with Crippen molar-refractivity contribution >= 4 is 28.5 Å². The number of nitrogens with one attached hydrogen (secondary N) is 1. The average Bonchev–Trinajstić information content (AvgIpc) is 2.96. The maximum absolute atomic E-state index is 11.2. The number of halogens is 1. The molecular formula is C18H16ClNO2. The van der Waals surface area contributed by atoms with Crippen molar-refractivity contribution < 1.29 is 9.90 Å². The number of carboxylic acid groups (broad SMARTS) is 1. The maximum atomic E-state index is 11.2. The quantitative estimate of drug-likeness (QED) is 0.722. The van der Waals surface area contributed by atoms with Crippen LogP contribution in [0, 0.1) is 0 Å². The Bertz CT molecular complexity index is 792. The van der Waals surface area contributed by atoms with Crippen molar-refractivity contribution in [1.29, 1.82) is 0 Å². The lowest BCUT2D eigenvalue weighted by Crippen LogP contribution is -2.09. The highest BCUT2D eigenvalue weighted by atomic mass is 35.5. The number of carboxylic acids is 1. The number of aromatic nitrogens is 1. The topological polar surface area (TPSA) is 53.1 Å². The van der Waals surface area contributed by atoms with Crippen LogP contribution in [0.25, 0.3) is 10.9 Å². The number of aliphatic carboxylic acids is 1. The number of hydrogen-bond donors (Lipinski definition) is 2. The van der Waals surface area contributed by atoms with E-state index in [1.165, 1.54) is 0 Å². The minimum absolute atomic E-state index is 0.0635. The van der Waals surface area contributed by atoms with Gasteiger partial charge in [-0.3, -0.25) is 4.79 Å². The Balaban J connectivity index is 1.90. The SMILES string of the molecule is O=C(O)CC(Cc1ccc(Cl)cc1)c1ccc2cc[nH]c2c1. The maximum Gasteiger partial charge on any atom is 0.303 e. The molecule has 0 aliphatic rings. The Hall–Kier alpha value is -2.26. The van der Waals surface area contributed by atoms with Crippen LogP contribution in [-0.4, -0.2) is 16.1 Å².